The Morgan fingerprint density at radius 2 is 1.88 bits per heavy atom. The van der Waals surface area contributed by atoms with Gasteiger partial charge in [-0.3, -0.25) is 4.79 Å². The molecule has 1 atom stereocenters. The summed E-state index contributed by atoms with van der Waals surface area (Å²) in [6.45, 7) is 0. The Hall–Kier alpha value is -1.79. The van der Waals surface area contributed by atoms with E-state index in [4.69, 9.17) is 0 Å². The molecular formula is C18H19NO3S2. The second kappa shape index (κ2) is 6.99. The summed E-state index contributed by atoms with van der Waals surface area (Å²) in [5.74, 6) is 0.838. The van der Waals surface area contributed by atoms with Gasteiger partial charge in [-0.2, -0.15) is 0 Å². The average Bonchev–Trinajstić information content (AvgIpc) is 2.54. The first-order valence-electron chi connectivity index (χ1n) is 7.72. The van der Waals surface area contributed by atoms with Crippen LogP contribution in [0.2, 0.25) is 0 Å². The summed E-state index contributed by atoms with van der Waals surface area (Å²) < 4.78 is 22.6. The van der Waals surface area contributed by atoms with Gasteiger partial charge in [-0.15, -0.1) is 11.8 Å². The number of hydrogen-bond donors (Lipinski definition) is 1. The molecule has 0 saturated heterocycles. The van der Waals surface area contributed by atoms with E-state index in [1.165, 1.54) is 11.2 Å². The molecule has 1 aliphatic heterocycles. The molecule has 0 bridgehead atoms. The van der Waals surface area contributed by atoms with Crippen molar-refractivity contribution in [2.75, 3.05) is 12.0 Å². The van der Waals surface area contributed by atoms with Gasteiger partial charge in [0.2, 0.25) is 0 Å². The SMILES string of the molecule is CS(=O)(=O)Cc1ccc(C(=O)N[C@H]2CCSc3ccccc32)cc1. The van der Waals surface area contributed by atoms with Crippen molar-refractivity contribution in [1.82, 2.24) is 5.32 Å². The van der Waals surface area contributed by atoms with E-state index < -0.39 is 9.84 Å². The highest BCUT2D eigenvalue weighted by Gasteiger charge is 2.22. The van der Waals surface area contributed by atoms with Crippen molar-refractivity contribution in [3.63, 3.8) is 0 Å². The smallest absolute Gasteiger partial charge is 0.251 e. The van der Waals surface area contributed by atoms with E-state index in [1.807, 2.05) is 23.9 Å². The molecule has 0 aromatic heterocycles. The third kappa shape index (κ3) is 4.19. The first-order chi connectivity index (χ1) is 11.4. The lowest BCUT2D eigenvalue weighted by Gasteiger charge is -2.25. The molecule has 1 heterocycles. The lowest BCUT2D eigenvalue weighted by molar-refractivity contribution is 0.0935. The first-order valence-corrected chi connectivity index (χ1v) is 10.8. The molecule has 24 heavy (non-hydrogen) atoms. The minimum absolute atomic E-state index is 0.0118. The van der Waals surface area contributed by atoms with Crippen LogP contribution in [0, 0.1) is 0 Å². The van der Waals surface area contributed by atoms with Crippen molar-refractivity contribution in [3.05, 3.63) is 65.2 Å². The van der Waals surface area contributed by atoms with Crippen LogP contribution in [-0.2, 0) is 15.6 Å². The zero-order chi connectivity index (χ0) is 17.2. The Balaban J connectivity index is 1.72. The van der Waals surface area contributed by atoms with Gasteiger partial charge >= 0.3 is 0 Å². The van der Waals surface area contributed by atoms with Crippen LogP contribution in [0.25, 0.3) is 0 Å². The number of nitrogens with one attached hydrogen (secondary N) is 1. The standard InChI is InChI=1S/C18H19NO3S2/c1-24(21,22)12-13-6-8-14(9-7-13)18(20)19-16-10-11-23-17-5-3-2-4-15(16)17/h2-9,16H,10-12H2,1H3,(H,19,20)/t16-/m0/s1. The highest BCUT2D eigenvalue weighted by molar-refractivity contribution is 7.99. The van der Waals surface area contributed by atoms with Crippen LogP contribution < -0.4 is 5.32 Å². The normalized spacial score (nSPS) is 17.1. The monoisotopic (exact) mass is 361 g/mol. The number of thioether (sulfide) groups is 1. The number of carbonyl (C=O) groups excluding carboxylic acids is 1. The number of rotatable bonds is 4. The summed E-state index contributed by atoms with van der Waals surface area (Å²) in [5.41, 5.74) is 2.40. The first kappa shape index (κ1) is 17.0. The Morgan fingerprint density at radius 1 is 1.17 bits per heavy atom. The second-order valence-electron chi connectivity index (χ2n) is 5.97. The van der Waals surface area contributed by atoms with E-state index in [9.17, 15) is 13.2 Å². The fourth-order valence-electron chi connectivity index (χ4n) is 2.79. The van der Waals surface area contributed by atoms with Crippen LogP contribution in [0.15, 0.2) is 53.4 Å². The van der Waals surface area contributed by atoms with E-state index in [2.05, 4.69) is 17.4 Å². The summed E-state index contributed by atoms with van der Waals surface area (Å²) >= 11 is 1.81. The van der Waals surface area contributed by atoms with Gasteiger partial charge in [-0.05, 0) is 35.7 Å². The Morgan fingerprint density at radius 3 is 2.58 bits per heavy atom. The minimum atomic E-state index is -3.07. The maximum atomic E-state index is 12.5. The third-order valence-electron chi connectivity index (χ3n) is 3.91. The van der Waals surface area contributed by atoms with E-state index in [0.29, 0.717) is 11.1 Å². The van der Waals surface area contributed by atoms with Crippen LogP contribution >= 0.6 is 11.8 Å². The van der Waals surface area contributed by atoms with Gasteiger partial charge in [0.1, 0.15) is 0 Å². The number of amides is 1. The van der Waals surface area contributed by atoms with Gasteiger partial charge in [0.15, 0.2) is 9.84 Å². The van der Waals surface area contributed by atoms with Crippen LogP contribution in [0.5, 0.6) is 0 Å². The average molecular weight is 361 g/mol. The molecule has 0 unspecified atom stereocenters. The zero-order valence-corrected chi connectivity index (χ0v) is 15.0. The lowest BCUT2D eigenvalue weighted by Crippen LogP contribution is -2.30. The number of carbonyl (C=O) groups is 1. The number of benzene rings is 2. The molecule has 1 N–H and O–H groups in total. The van der Waals surface area contributed by atoms with Gasteiger partial charge in [-0.25, -0.2) is 8.42 Å². The van der Waals surface area contributed by atoms with Crippen molar-refractivity contribution in [1.29, 1.82) is 0 Å². The third-order valence-corrected chi connectivity index (χ3v) is 5.89. The van der Waals surface area contributed by atoms with Gasteiger partial charge in [-0.1, -0.05) is 30.3 Å². The van der Waals surface area contributed by atoms with Crippen LogP contribution in [-0.4, -0.2) is 26.3 Å². The van der Waals surface area contributed by atoms with Gasteiger partial charge in [0, 0.05) is 22.5 Å². The van der Waals surface area contributed by atoms with E-state index in [-0.39, 0.29) is 17.7 Å². The molecule has 4 nitrogen and oxygen atoms in total. The van der Waals surface area contributed by atoms with E-state index >= 15 is 0 Å². The van der Waals surface area contributed by atoms with Crippen LogP contribution in [0.1, 0.15) is 33.9 Å². The molecule has 0 radical (unpaired) electrons. The summed E-state index contributed by atoms with van der Waals surface area (Å²) in [6, 6.07) is 14.9. The predicted molar refractivity (Wildman–Crippen MR) is 97.0 cm³/mol. The largest absolute Gasteiger partial charge is 0.345 e. The molecule has 0 aliphatic carbocycles. The van der Waals surface area contributed by atoms with Crippen molar-refractivity contribution in [2.24, 2.45) is 0 Å². The molecule has 126 valence electrons. The molecule has 0 saturated carbocycles. The molecule has 6 heteroatoms. The summed E-state index contributed by atoms with van der Waals surface area (Å²) in [6.07, 6.45) is 2.10. The number of sulfone groups is 1. The van der Waals surface area contributed by atoms with E-state index in [0.717, 1.165) is 17.7 Å². The predicted octanol–water partition coefficient (Wildman–Crippen LogP) is 3.20. The van der Waals surface area contributed by atoms with Gasteiger partial charge < -0.3 is 5.32 Å². The molecule has 2 aromatic rings. The van der Waals surface area contributed by atoms with Gasteiger partial charge in [0.05, 0.1) is 11.8 Å². The second-order valence-corrected chi connectivity index (χ2v) is 9.24. The van der Waals surface area contributed by atoms with Crippen LogP contribution in [0.4, 0.5) is 0 Å². The van der Waals surface area contributed by atoms with Crippen LogP contribution in [0.3, 0.4) is 0 Å². The summed E-state index contributed by atoms with van der Waals surface area (Å²) in [7, 11) is -3.07. The summed E-state index contributed by atoms with van der Waals surface area (Å²) in [5, 5.41) is 3.09. The lowest BCUT2D eigenvalue weighted by atomic mass is 10.0. The van der Waals surface area contributed by atoms with Crippen molar-refractivity contribution in [2.45, 2.75) is 23.1 Å². The molecule has 0 fully saturated rings. The fourth-order valence-corrected chi connectivity index (χ4v) is 4.71. The Kier molecular flexibility index (Phi) is 4.96. The molecule has 1 aliphatic rings. The summed E-state index contributed by atoms with van der Waals surface area (Å²) in [4.78, 5) is 13.7. The molecule has 0 spiro atoms. The molecule has 2 aromatic carbocycles. The van der Waals surface area contributed by atoms with E-state index in [1.54, 1.807) is 24.3 Å². The number of hydrogen-bond acceptors (Lipinski definition) is 4. The maximum Gasteiger partial charge on any atom is 0.251 e. The minimum Gasteiger partial charge on any atom is -0.345 e. The molecular weight excluding hydrogens is 342 g/mol. The molecule has 3 rings (SSSR count). The highest BCUT2D eigenvalue weighted by atomic mass is 32.2. The fraction of sp³-hybridized carbons (Fsp3) is 0.278. The van der Waals surface area contributed by atoms with Crippen molar-refractivity contribution >= 4 is 27.5 Å². The Labute approximate surface area is 146 Å². The zero-order valence-electron chi connectivity index (χ0n) is 13.4. The van der Waals surface area contributed by atoms with Crippen molar-refractivity contribution < 1.29 is 13.2 Å². The quantitative estimate of drug-likeness (QED) is 0.908. The highest BCUT2D eigenvalue weighted by Crippen LogP contribution is 2.35. The van der Waals surface area contributed by atoms with Crippen molar-refractivity contribution in [3.8, 4) is 0 Å². The molecule has 1 amide bonds. The Bertz CT molecular complexity index is 845. The topological polar surface area (TPSA) is 63.2 Å². The number of fused-ring (bicyclic) bond motifs is 1. The van der Waals surface area contributed by atoms with Gasteiger partial charge in [0.25, 0.3) is 5.91 Å². The maximum absolute atomic E-state index is 12.5.